The van der Waals surface area contributed by atoms with E-state index in [1.165, 1.54) is 38.1 Å². The molecule has 12 rings (SSSR count). The van der Waals surface area contributed by atoms with Crippen LogP contribution in [0.2, 0.25) is 0 Å². The van der Waals surface area contributed by atoms with E-state index in [1.54, 1.807) is 0 Å². The summed E-state index contributed by atoms with van der Waals surface area (Å²) in [5, 5.41) is 7.22. The van der Waals surface area contributed by atoms with Crippen molar-refractivity contribution < 1.29 is 4.42 Å². The van der Waals surface area contributed by atoms with Gasteiger partial charge in [0.2, 0.25) is 0 Å². The third-order valence-corrected chi connectivity index (χ3v) is 12.2. The zero-order valence-electron chi connectivity index (χ0n) is 33.2. The van der Waals surface area contributed by atoms with Crippen molar-refractivity contribution in [3.8, 4) is 39.1 Å². The van der Waals surface area contributed by atoms with Crippen molar-refractivity contribution in [1.82, 2.24) is 4.57 Å². The first-order valence-corrected chi connectivity index (χ1v) is 20.8. The molecule has 0 spiro atoms. The Kier molecular flexibility index (Phi) is 8.17. The van der Waals surface area contributed by atoms with Gasteiger partial charge in [0.05, 0.1) is 16.7 Å². The van der Waals surface area contributed by atoms with Gasteiger partial charge in [-0.25, -0.2) is 0 Å². The molecule has 10 aromatic carbocycles. The highest BCUT2D eigenvalue weighted by Crippen LogP contribution is 2.45. The smallest absolute Gasteiger partial charge is 0.135 e. The predicted molar refractivity (Wildman–Crippen MR) is 257 cm³/mol. The lowest BCUT2D eigenvalue weighted by atomic mass is 9.94. The molecular weight excluding hydrogens is 741 g/mol. The number of anilines is 3. The standard InChI is InChI=1S/C58H38N2O/c1-2-13-41(14-3-1)49-35-27-43(48-21-12-16-40-15-4-5-17-47(40)48)38-56(49)59(44-29-25-39(26-30-44)42-28-36-58-53(37-42)52-20-8-11-24-57(52)61-58)45-31-33-46(34-32-45)60-54-22-9-6-18-50(54)51-19-7-10-23-55(51)60/h1-38H. The molecule has 0 radical (unpaired) electrons. The van der Waals surface area contributed by atoms with Crippen molar-refractivity contribution in [1.29, 1.82) is 0 Å². The minimum absolute atomic E-state index is 0.900. The quantitative estimate of drug-likeness (QED) is 0.161. The average molecular weight is 779 g/mol. The number of hydrogen-bond donors (Lipinski definition) is 0. The first-order chi connectivity index (χ1) is 30.2. The van der Waals surface area contributed by atoms with Gasteiger partial charge >= 0.3 is 0 Å². The van der Waals surface area contributed by atoms with Crippen LogP contribution in [-0.4, -0.2) is 4.57 Å². The lowest BCUT2D eigenvalue weighted by Gasteiger charge is -2.29. The molecule has 2 aromatic heterocycles. The van der Waals surface area contributed by atoms with Gasteiger partial charge in [0.15, 0.2) is 0 Å². The van der Waals surface area contributed by atoms with E-state index in [1.807, 2.05) is 12.1 Å². The normalized spacial score (nSPS) is 11.6. The summed E-state index contributed by atoms with van der Waals surface area (Å²) in [4.78, 5) is 2.42. The van der Waals surface area contributed by atoms with Gasteiger partial charge in [0.1, 0.15) is 11.2 Å². The monoisotopic (exact) mass is 778 g/mol. The molecule has 0 aliphatic rings. The summed E-state index contributed by atoms with van der Waals surface area (Å²) in [7, 11) is 0. The van der Waals surface area contributed by atoms with Crippen LogP contribution >= 0.6 is 0 Å². The van der Waals surface area contributed by atoms with E-state index in [0.717, 1.165) is 72.5 Å². The Morgan fingerprint density at radius 1 is 0.328 bits per heavy atom. The number of nitrogens with zero attached hydrogens (tertiary/aromatic N) is 2. The first kappa shape index (κ1) is 34.9. The lowest BCUT2D eigenvalue weighted by Crippen LogP contribution is -2.11. The van der Waals surface area contributed by atoms with Crippen molar-refractivity contribution in [2.45, 2.75) is 0 Å². The first-order valence-electron chi connectivity index (χ1n) is 20.8. The molecule has 0 fully saturated rings. The second-order valence-corrected chi connectivity index (χ2v) is 15.7. The second-order valence-electron chi connectivity index (χ2n) is 15.7. The maximum atomic E-state index is 6.17. The zero-order chi connectivity index (χ0) is 40.3. The molecule has 286 valence electrons. The minimum Gasteiger partial charge on any atom is -0.456 e. The van der Waals surface area contributed by atoms with Crippen LogP contribution in [0.3, 0.4) is 0 Å². The SMILES string of the molecule is c1ccc(-c2ccc(-c3cccc4ccccc34)cc2N(c2ccc(-c3ccc4oc5ccccc5c4c3)cc2)c2ccc(-n3c4ccccc4c4ccccc43)cc2)cc1. The second kappa shape index (κ2) is 14.3. The number of aromatic nitrogens is 1. The zero-order valence-corrected chi connectivity index (χ0v) is 33.2. The predicted octanol–water partition coefficient (Wildman–Crippen LogP) is 16.3. The Bertz CT molecular complexity index is 3520. The number of benzene rings is 10. The van der Waals surface area contributed by atoms with Gasteiger partial charge < -0.3 is 13.9 Å². The van der Waals surface area contributed by atoms with Crippen molar-refractivity contribution in [2.24, 2.45) is 0 Å². The fourth-order valence-electron chi connectivity index (χ4n) is 9.31. The molecule has 0 bridgehead atoms. The van der Waals surface area contributed by atoms with E-state index in [0.29, 0.717) is 0 Å². The molecule has 0 amide bonds. The molecule has 0 aliphatic carbocycles. The van der Waals surface area contributed by atoms with E-state index >= 15 is 0 Å². The van der Waals surface area contributed by atoms with Crippen LogP contribution in [0.5, 0.6) is 0 Å². The fraction of sp³-hybridized carbons (Fsp3) is 0. The largest absolute Gasteiger partial charge is 0.456 e. The fourth-order valence-corrected chi connectivity index (χ4v) is 9.31. The minimum atomic E-state index is 0.900. The third-order valence-electron chi connectivity index (χ3n) is 12.2. The summed E-state index contributed by atoms with van der Waals surface area (Å²) in [6.45, 7) is 0. The van der Waals surface area contributed by atoms with Crippen LogP contribution < -0.4 is 4.90 Å². The summed E-state index contributed by atoms with van der Waals surface area (Å²) in [5.41, 5.74) is 15.5. The van der Waals surface area contributed by atoms with Gasteiger partial charge in [-0.1, -0.05) is 158 Å². The van der Waals surface area contributed by atoms with Crippen molar-refractivity contribution in [2.75, 3.05) is 4.90 Å². The van der Waals surface area contributed by atoms with E-state index in [4.69, 9.17) is 4.42 Å². The van der Waals surface area contributed by atoms with Crippen LogP contribution in [0.1, 0.15) is 0 Å². The molecule has 3 nitrogen and oxygen atoms in total. The molecule has 2 heterocycles. The van der Waals surface area contributed by atoms with Crippen LogP contribution in [0.15, 0.2) is 235 Å². The van der Waals surface area contributed by atoms with Crippen molar-refractivity contribution >= 4 is 71.6 Å². The summed E-state index contributed by atoms with van der Waals surface area (Å²) < 4.78 is 8.55. The summed E-state index contributed by atoms with van der Waals surface area (Å²) in [6, 6.07) is 83.1. The molecule has 0 atom stereocenters. The number of fused-ring (bicyclic) bond motifs is 7. The van der Waals surface area contributed by atoms with E-state index in [-0.39, 0.29) is 0 Å². The van der Waals surface area contributed by atoms with Gasteiger partial charge in [-0.05, 0) is 111 Å². The molecule has 0 saturated heterocycles. The van der Waals surface area contributed by atoms with Gasteiger partial charge in [0, 0.05) is 44.2 Å². The van der Waals surface area contributed by atoms with Gasteiger partial charge in [-0.15, -0.1) is 0 Å². The number of para-hydroxylation sites is 3. The highest BCUT2D eigenvalue weighted by atomic mass is 16.3. The molecule has 12 aromatic rings. The van der Waals surface area contributed by atoms with Crippen LogP contribution in [0.25, 0.3) is 93.6 Å². The van der Waals surface area contributed by atoms with E-state index in [2.05, 4.69) is 228 Å². The molecular formula is C58H38N2O. The van der Waals surface area contributed by atoms with E-state index in [9.17, 15) is 0 Å². The highest BCUT2D eigenvalue weighted by Gasteiger charge is 2.21. The molecule has 0 saturated carbocycles. The number of rotatable bonds is 7. The van der Waals surface area contributed by atoms with Gasteiger partial charge in [-0.3, -0.25) is 0 Å². The van der Waals surface area contributed by atoms with Crippen molar-refractivity contribution in [3.05, 3.63) is 231 Å². The highest BCUT2D eigenvalue weighted by molar-refractivity contribution is 6.09. The van der Waals surface area contributed by atoms with Crippen molar-refractivity contribution in [3.63, 3.8) is 0 Å². The molecule has 3 heteroatoms. The topological polar surface area (TPSA) is 21.3 Å². The number of hydrogen-bond acceptors (Lipinski definition) is 2. The molecule has 0 N–H and O–H groups in total. The molecule has 61 heavy (non-hydrogen) atoms. The summed E-state index contributed by atoms with van der Waals surface area (Å²) >= 11 is 0. The third kappa shape index (κ3) is 5.90. The average Bonchev–Trinajstić information content (AvgIpc) is 3.88. The Morgan fingerprint density at radius 2 is 0.902 bits per heavy atom. The maximum absolute atomic E-state index is 6.17. The lowest BCUT2D eigenvalue weighted by molar-refractivity contribution is 0.669. The summed E-state index contributed by atoms with van der Waals surface area (Å²) in [5.74, 6) is 0. The molecule has 0 aliphatic heterocycles. The molecule has 0 unspecified atom stereocenters. The Labute approximate surface area is 353 Å². The number of furan rings is 1. The van der Waals surface area contributed by atoms with Gasteiger partial charge in [0.25, 0.3) is 0 Å². The van der Waals surface area contributed by atoms with Crippen LogP contribution in [-0.2, 0) is 0 Å². The van der Waals surface area contributed by atoms with Crippen LogP contribution in [0, 0.1) is 0 Å². The van der Waals surface area contributed by atoms with E-state index < -0.39 is 0 Å². The Hall–Kier alpha value is -8.14. The van der Waals surface area contributed by atoms with Gasteiger partial charge in [-0.2, -0.15) is 0 Å². The maximum Gasteiger partial charge on any atom is 0.135 e. The summed E-state index contributed by atoms with van der Waals surface area (Å²) in [6.07, 6.45) is 0. The Morgan fingerprint density at radius 3 is 1.66 bits per heavy atom. The Balaban J connectivity index is 1.05. The van der Waals surface area contributed by atoms with Crippen LogP contribution in [0.4, 0.5) is 17.1 Å².